The summed E-state index contributed by atoms with van der Waals surface area (Å²) in [6, 6.07) is 15.4. The lowest BCUT2D eigenvalue weighted by Gasteiger charge is -2.40. The number of aryl methyl sites for hydroxylation is 1. The summed E-state index contributed by atoms with van der Waals surface area (Å²) in [7, 11) is 3.78. The maximum atomic E-state index is 15.2. The van der Waals surface area contributed by atoms with Gasteiger partial charge in [0.25, 0.3) is 5.91 Å². The van der Waals surface area contributed by atoms with E-state index in [0.29, 0.717) is 43.7 Å². The average molecular weight is 956 g/mol. The van der Waals surface area contributed by atoms with Crippen molar-refractivity contribution in [3.8, 4) is 5.69 Å². The highest BCUT2D eigenvalue weighted by Gasteiger charge is 2.39. The van der Waals surface area contributed by atoms with Crippen molar-refractivity contribution in [3.63, 3.8) is 0 Å². The van der Waals surface area contributed by atoms with Gasteiger partial charge in [-0.15, -0.1) is 16.4 Å². The number of piperidine rings is 1. The molecule has 2 aromatic heterocycles. The number of aromatic nitrogens is 4. The normalized spacial score (nSPS) is 16.5. The number of aliphatic carboxylic acids is 1. The van der Waals surface area contributed by atoms with Crippen LogP contribution in [0.3, 0.4) is 0 Å². The molecule has 6 atom stereocenters. The molecule has 4 N–H and O–H groups in total. The SMILES string of the molecule is CC[C@H](C)[C@H](NC(=O)[C@H]1CCCCN1C)C(=O)N(CCCCc1cn(-c2ccccc2)nn1)[C@H](C[C@@H](OC(C)=O)c1nc(C(=O)N[C@@H](Cc2ccc(NC)cc2)CC(C)(C)C(=O)O)cs1)C(C)C. The Kier molecular flexibility index (Phi) is 19.6. The number of nitrogens with one attached hydrogen (secondary N) is 3. The van der Waals surface area contributed by atoms with E-state index in [0.717, 1.165) is 48.4 Å². The predicted octanol–water partition coefficient (Wildman–Crippen LogP) is 7.49. The van der Waals surface area contributed by atoms with E-state index < -0.39 is 47.5 Å². The van der Waals surface area contributed by atoms with Crippen molar-refractivity contribution in [2.45, 2.75) is 143 Å². The van der Waals surface area contributed by atoms with E-state index in [1.807, 2.05) is 107 Å². The Morgan fingerprint density at radius 2 is 1.72 bits per heavy atom. The van der Waals surface area contributed by atoms with Gasteiger partial charge in [-0.1, -0.05) is 76.1 Å². The number of hydrogen-bond donors (Lipinski definition) is 4. The third-order valence-corrected chi connectivity index (χ3v) is 14.1. The summed E-state index contributed by atoms with van der Waals surface area (Å²) in [6.07, 6.45) is 7.07. The molecule has 0 radical (unpaired) electrons. The predicted molar refractivity (Wildman–Crippen MR) is 265 cm³/mol. The highest BCUT2D eigenvalue weighted by Crippen LogP contribution is 2.33. The summed E-state index contributed by atoms with van der Waals surface area (Å²) in [5.41, 5.74) is 2.57. The van der Waals surface area contributed by atoms with Crippen LogP contribution in [-0.2, 0) is 36.8 Å². The Morgan fingerprint density at radius 1 is 1.00 bits per heavy atom. The fourth-order valence-electron chi connectivity index (χ4n) is 8.81. The molecule has 4 aromatic rings. The van der Waals surface area contributed by atoms with Crippen LogP contribution in [0.4, 0.5) is 5.69 Å². The van der Waals surface area contributed by atoms with E-state index in [9.17, 15) is 24.3 Å². The Bertz CT molecular complexity index is 2260. The van der Waals surface area contributed by atoms with Crippen LogP contribution in [0.2, 0.25) is 0 Å². The molecule has 2 aromatic carbocycles. The van der Waals surface area contributed by atoms with Crippen molar-refractivity contribution in [1.82, 2.24) is 40.4 Å². The lowest BCUT2D eigenvalue weighted by Crippen LogP contribution is -2.59. The summed E-state index contributed by atoms with van der Waals surface area (Å²) < 4.78 is 7.74. The van der Waals surface area contributed by atoms with Crippen LogP contribution in [-0.4, -0.2) is 116 Å². The number of unbranched alkanes of at least 4 members (excludes halogenated alkanes) is 1. The number of carboxylic acid groups (broad SMARTS) is 1. The number of ether oxygens (including phenoxy) is 1. The molecule has 5 rings (SSSR count). The summed E-state index contributed by atoms with van der Waals surface area (Å²) in [5.74, 6) is -2.64. The smallest absolute Gasteiger partial charge is 0.309 e. The van der Waals surface area contributed by atoms with Crippen LogP contribution in [0, 0.1) is 17.3 Å². The maximum Gasteiger partial charge on any atom is 0.309 e. The topological polar surface area (TPSA) is 201 Å². The van der Waals surface area contributed by atoms with E-state index in [1.165, 1.54) is 18.3 Å². The molecular formula is C51H73N9O7S. The Hall–Kier alpha value is -5.68. The van der Waals surface area contributed by atoms with Gasteiger partial charge in [0.2, 0.25) is 11.8 Å². The van der Waals surface area contributed by atoms with Crippen molar-refractivity contribution in [2.75, 3.05) is 32.5 Å². The zero-order valence-electron chi connectivity index (χ0n) is 41.4. The number of rotatable bonds is 25. The van der Waals surface area contributed by atoms with Crippen molar-refractivity contribution in [1.29, 1.82) is 0 Å². The molecule has 0 unspecified atom stereocenters. The van der Waals surface area contributed by atoms with Crippen LogP contribution in [0.25, 0.3) is 5.69 Å². The quantitative estimate of drug-likeness (QED) is 0.0377. The Balaban J connectivity index is 1.41. The largest absolute Gasteiger partial charge is 0.481 e. The van der Waals surface area contributed by atoms with Crippen molar-refractivity contribution in [2.24, 2.45) is 17.3 Å². The van der Waals surface area contributed by atoms with Crippen LogP contribution >= 0.6 is 11.3 Å². The molecule has 0 saturated carbocycles. The van der Waals surface area contributed by atoms with Gasteiger partial charge in [0.05, 0.1) is 29.0 Å². The second kappa shape index (κ2) is 25.1. The molecular weight excluding hydrogens is 883 g/mol. The number of carboxylic acids is 1. The molecule has 370 valence electrons. The first-order valence-electron chi connectivity index (χ1n) is 24.1. The minimum absolute atomic E-state index is 0.108. The molecule has 1 fully saturated rings. The first kappa shape index (κ1) is 53.3. The zero-order chi connectivity index (χ0) is 49.5. The highest BCUT2D eigenvalue weighted by atomic mass is 32.1. The first-order chi connectivity index (χ1) is 32.4. The lowest BCUT2D eigenvalue weighted by atomic mass is 9.84. The number of likely N-dealkylation sites (tertiary alicyclic amines) is 1. The fourth-order valence-corrected chi connectivity index (χ4v) is 9.65. The van der Waals surface area contributed by atoms with Crippen molar-refractivity contribution in [3.05, 3.63) is 88.1 Å². The molecule has 3 amide bonds. The monoisotopic (exact) mass is 956 g/mol. The van der Waals surface area contributed by atoms with Gasteiger partial charge in [-0.05, 0) is 114 Å². The molecule has 3 heterocycles. The molecule has 1 aliphatic rings. The zero-order valence-corrected chi connectivity index (χ0v) is 42.2. The lowest BCUT2D eigenvalue weighted by molar-refractivity contribution is -0.150. The number of esters is 1. The van der Waals surface area contributed by atoms with Crippen LogP contribution in [0.1, 0.15) is 133 Å². The second-order valence-electron chi connectivity index (χ2n) is 19.3. The minimum atomic E-state index is -1.13. The van der Waals surface area contributed by atoms with E-state index >= 15 is 4.79 Å². The van der Waals surface area contributed by atoms with Gasteiger partial charge in [-0.3, -0.25) is 28.9 Å². The molecule has 0 bridgehead atoms. The van der Waals surface area contributed by atoms with Crippen LogP contribution < -0.4 is 16.0 Å². The van der Waals surface area contributed by atoms with Gasteiger partial charge >= 0.3 is 11.9 Å². The first-order valence-corrected chi connectivity index (χ1v) is 25.0. The van der Waals surface area contributed by atoms with E-state index in [4.69, 9.17) is 9.72 Å². The third kappa shape index (κ3) is 14.9. The number of amides is 3. The molecule has 17 heteroatoms. The van der Waals surface area contributed by atoms with Gasteiger partial charge in [0.15, 0.2) is 6.10 Å². The van der Waals surface area contributed by atoms with E-state index in [-0.39, 0.29) is 48.2 Å². The number of carbonyl (C=O) groups is 5. The van der Waals surface area contributed by atoms with Gasteiger partial charge in [0.1, 0.15) is 16.7 Å². The standard InChI is InChI=1S/C51H73N9O7S/c1-10-34(4)45(55-47(63)42-21-15-16-26-58(42)9)49(64)59(27-17-14-18-38-31-60(57-56-38)40-19-12-11-13-20-40)43(33(2)3)29-44(67-35(5)61)48-54-41(32-68-48)46(62)53-39(30-51(6,7)50(65)66)28-36-22-24-37(52-8)25-23-36/h11-13,19-20,22-25,31-34,39,42-45,52H,10,14-18,21,26-30H2,1-9H3,(H,53,62)(H,55,63)(H,65,66)/t34-,39-,42+,43+,44+,45-/m0/s1. The second-order valence-corrected chi connectivity index (χ2v) is 20.2. The average Bonchev–Trinajstić information content (AvgIpc) is 4.01. The van der Waals surface area contributed by atoms with Gasteiger partial charge in [-0.25, -0.2) is 9.67 Å². The number of thiazole rings is 1. The summed E-state index contributed by atoms with van der Waals surface area (Å²) >= 11 is 1.18. The number of benzene rings is 2. The molecule has 68 heavy (non-hydrogen) atoms. The molecule has 1 aliphatic heterocycles. The van der Waals surface area contributed by atoms with Gasteiger partial charge in [0, 0.05) is 50.1 Å². The molecule has 16 nitrogen and oxygen atoms in total. The molecule has 0 aliphatic carbocycles. The maximum absolute atomic E-state index is 15.2. The number of likely N-dealkylation sites (N-methyl/N-ethyl adjacent to an activating group) is 1. The van der Waals surface area contributed by atoms with E-state index in [1.54, 1.807) is 23.9 Å². The summed E-state index contributed by atoms with van der Waals surface area (Å²) in [4.78, 5) is 76.8. The van der Waals surface area contributed by atoms with Crippen molar-refractivity contribution >= 4 is 46.7 Å². The molecule has 0 spiro atoms. The number of anilines is 1. The van der Waals surface area contributed by atoms with Crippen LogP contribution in [0.5, 0.6) is 0 Å². The summed E-state index contributed by atoms with van der Waals surface area (Å²) in [5, 5.41) is 30.1. The number of hydrogen-bond acceptors (Lipinski definition) is 12. The summed E-state index contributed by atoms with van der Waals surface area (Å²) in [6.45, 7) is 13.8. The van der Waals surface area contributed by atoms with Crippen LogP contribution in [0.15, 0.2) is 66.2 Å². The van der Waals surface area contributed by atoms with Crippen molar-refractivity contribution < 1.29 is 33.8 Å². The van der Waals surface area contributed by atoms with E-state index in [2.05, 4.69) is 31.2 Å². The fraction of sp³-hybridized carbons (Fsp3) is 0.569. The van der Waals surface area contributed by atoms with Gasteiger partial charge in [-0.2, -0.15) is 0 Å². The molecule has 1 saturated heterocycles. The number of nitrogens with zero attached hydrogens (tertiary/aromatic N) is 6. The van der Waals surface area contributed by atoms with Gasteiger partial charge < -0.3 is 30.7 Å². The Labute approximate surface area is 406 Å². The minimum Gasteiger partial charge on any atom is -0.481 e. The number of carbonyl (C=O) groups excluding carboxylic acids is 4. The third-order valence-electron chi connectivity index (χ3n) is 13.1. The highest BCUT2D eigenvalue weighted by molar-refractivity contribution is 7.09. The number of para-hydroxylation sites is 1. The Morgan fingerprint density at radius 3 is 2.35 bits per heavy atom.